The number of likely N-dealkylation sites (tertiary alicyclic amines) is 1. The number of hydrogen-bond acceptors (Lipinski definition) is 2. The Labute approximate surface area is 119 Å². The maximum absolute atomic E-state index is 12.2. The second-order valence-electron chi connectivity index (χ2n) is 5.58. The van der Waals surface area contributed by atoms with Crippen LogP contribution in [0, 0.1) is 5.92 Å². The van der Waals surface area contributed by atoms with E-state index in [9.17, 15) is 14.7 Å². The van der Waals surface area contributed by atoms with Crippen molar-refractivity contribution in [3.05, 3.63) is 35.9 Å². The summed E-state index contributed by atoms with van der Waals surface area (Å²) in [4.78, 5) is 25.3. The summed E-state index contributed by atoms with van der Waals surface area (Å²) < 4.78 is 0. The molecule has 0 radical (unpaired) electrons. The molecule has 1 saturated heterocycles. The van der Waals surface area contributed by atoms with E-state index in [2.05, 4.69) is 0 Å². The summed E-state index contributed by atoms with van der Waals surface area (Å²) in [5.41, 5.74) is 0.949. The number of carbonyl (C=O) groups is 2. The molecule has 2 rings (SSSR count). The summed E-state index contributed by atoms with van der Waals surface area (Å²) in [6.07, 6.45) is 2.69. The van der Waals surface area contributed by atoms with E-state index in [1.165, 1.54) is 0 Å². The van der Waals surface area contributed by atoms with Crippen LogP contribution in [-0.4, -0.2) is 34.5 Å². The molecule has 1 fully saturated rings. The average Bonchev–Trinajstić information content (AvgIpc) is 2.58. The minimum atomic E-state index is -0.920. The number of benzene rings is 1. The number of rotatable bonds is 4. The largest absolute Gasteiger partial charge is 0.480 e. The average molecular weight is 275 g/mol. The second-order valence-corrected chi connectivity index (χ2v) is 5.58. The molecule has 0 spiro atoms. The summed E-state index contributed by atoms with van der Waals surface area (Å²) in [6, 6.07) is 8.73. The third-order valence-electron chi connectivity index (χ3n) is 3.87. The van der Waals surface area contributed by atoms with Gasteiger partial charge in [0, 0.05) is 19.4 Å². The van der Waals surface area contributed by atoms with Crippen LogP contribution < -0.4 is 0 Å². The molecule has 0 aromatic heterocycles. The minimum Gasteiger partial charge on any atom is -0.480 e. The summed E-state index contributed by atoms with van der Waals surface area (Å²) in [5.74, 6) is -0.603. The first-order valence-corrected chi connectivity index (χ1v) is 7.14. The van der Waals surface area contributed by atoms with Crippen molar-refractivity contribution in [2.24, 2.45) is 5.92 Å². The molecule has 0 unspecified atom stereocenters. The maximum atomic E-state index is 12.2. The van der Waals surface area contributed by atoms with Crippen LogP contribution in [0.3, 0.4) is 0 Å². The predicted molar refractivity (Wildman–Crippen MR) is 76.3 cm³/mol. The fourth-order valence-electron chi connectivity index (χ4n) is 2.75. The van der Waals surface area contributed by atoms with Crippen LogP contribution in [0.5, 0.6) is 0 Å². The van der Waals surface area contributed by atoms with Crippen molar-refractivity contribution in [1.29, 1.82) is 0 Å². The summed E-state index contributed by atoms with van der Waals surface area (Å²) in [5, 5.41) is 9.47. The molecule has 4 nitrogen and oxygen atoms in total. The number of amides is 1. The van der Waals surface area contributed by atoms with E-state index in [0.29, 0.717) is 25.3 Å². The lowest BCUT2D eigenvalue weighted by atomic mass is 10.0. The van der Waals surface area contributed by atoms with Crippen LogP contribution in [0.15, 0.2) is 30.3 Å². The second kappa shape index (κ2) is 6.55. The van der Waals surface area contributed by atoms with Gasteiger partial charge in [0.15, 0.2) is 0 Å². The molecule has 1 heterocycles. The van der Waals surface area contributed by atoms with Crippen LogP contribution in [0.1, 0.15) is 31.7 Å². The van der Waals surface area contributed by atoms with Gasteiger partial charge >= 0.3 is 5.97 Å². The van der Waals surface area contributed by atoms with Gasteiger partial charge < -0.3 is 10.0 Å². The molecule has 20 heavy (non-hydrogen) atoms. The van der Waals surface area contributed by atoms with Gasteiger partial charge in [-0.25, -0.2) is 4.79 Å². The van der Waals surface area contributed by atoms with Gasteiger partial charge in [-0.15, -0.1) is 0 Å². The highest BCUT2D eigenvalue weighted by Gasteiger charge is 2.31. The molecule has 1 aliphatic rings. The van der Waals surface area contributed by atoms with Gasteiger partial charge in [0.05, 0.1) is 0 Å². The van der Waals surface area contributed by atoms with Gasteiger partial charge in [0.1, 0.15) is 6.04 Å². The molecule has 0 saturated carbocycles. The van der Waals surface area contributed by atoms with Crippen molar-refractivity contribution in [2.45, 2.75) is 38.6 Å². The zero-order valence-electron chi connectivity index (χ0n) is 11.8. The molecule has 2 atom stereocenters. The van der Waals surface area contributed by atoms with Crippen molar-refractivity contribution in [3.63, 3.8) is 0 Å². The smallest absolute Gasteiger partial charge is 0.326 e. The van der Waals surface area contributed by atoms with Gasteiger partial charge in [-0.05, 0) is 24.3 Å². The van der Waals surface area contributed by atoms with E-state index in [4.69, 9.17) is 0 Å². The SMILES string of the molecule is C[C@@H]1CCCN([C@@H](Cc2ccccc2)C(=O)O)C(=O)C1. The molecule has 1 N–H and O–H groups in total. The lowest BCUT2D eigenvalue weighted by molar-refractivity contribution is -0.150. The number of hydrogen-bond donors (Lipinski definition) is 1. The standard InChI is InChI=1S/C16H21NO3/c1-12-6-5-9-17(15(18)10-12)14(16(19)20)11-13-7-3-2-4-8-13/h2-4,7-8,12,14H,5-6,9-11H2,1H3,(H,19,20)/t12-,14+/m1/s1. The quantitative estimate of drug-likeness (QED) is 0.917. The molecule has 1 aromatic rings. The Morgan fingerprint density at radius 2 is 2.10 bits per heavy atom. The molecular formula is C16H21NO3. The molecule has 1 aliphatic heterocycles. The van der Waals surface area contributed by atoms with Crippen LogP contribution in [0.25, 0.3) is 0 Å². The molecule has 1 aromatic carbocycles. The fourth-order valence-corrected chi connectivity index (χ4v) is 2.75. The summed E-state index contributed by atoms with van der Waals surface area (Å²) in [6.45, 7) is 2.60. The zero-order valence-corrected chi connectivity index (χ0v) is 11.8. The third-order valence-corrected chi connectivity index (χ3v) is 3.87. The van der Waals surface area contributed by atoms with Crippen molar-refractivity contribution < 1.29 is 14.7 Å². The fraction of sp³-hybridized carbons (Fsp3) is 0.500. The van der Waals surface area contributed by atoms with Crippen LogP contribution in [0.4, 0.5) is 0 Å². The highest BCUT2D eigenvalue weighted by Crippen LogP contribution is 2.21. The molecule has 1 amide bonds. The lowest BCUT2D eigenvalue weighted by Crippen LogP contribution is -2.46. The molecule has 108 valence electrons. The van der Waals surface area contributed by atoms with Crippen molar-refractivity contribution in [3.8, 4) is 0 Å². The Kier molecular flexibility index (Phi) is 4.77. The van der Waals surface area contributed by atoms with E-state index in [-0.39, 0.29) is 5.91 Å². The van der Waals surface area contributed by atoms with Crippen molar-refractivity contribution in [1.82, 2.24) is 4.90 Å². The normalized spacial score (nSPS) is 21.4. The Morgan fingerprint density at radius 3 is 2.75 bits per heavy atom. The Morgan fingerprint density at radius 1 is 1.40 bits per heavy atom. The number of aliphatic carboxylic acids is 1. The molecular weight excluding hydrogens is 254 g/mol. The number of nitrogens with zero attached hydrogens (tertiary/aromatic N) is 1. The Bertz CT molecular complexity index is 472. The van der Waals surface area contributed by atoms with Crippen molar-refractivity contribution >= 4 is 11.9 Å². The van der Waals surface area contributed by atoms with Gasteiger partial charge in [0.25, 0.3) is 0 Å². The summed E-state index contributed by atoms with van der Waals surface area (Å²) >= 11 is 0. The first kappa shape index (κ1) is 14.6. The van der Waals surface area contributed by atoms with Crippen molar-refractivity contribution in [2.75, 3.05) is 6.54 Å². The molecule has 4 heteroatoms. The summed E-state index contributed by atoms with van der Waals surface area (Å²) in [7, 11) is 0. The number of carbonyl (C=O) groups excluding carboxylic acids is 1. The maximum Gasteiger partial charge on any atom is 0.326 e. The number of carboxylic acids is 1. The predicted octanol–water partition coefficient (Wildman–Crippen LogP) is 2.33. The van der Waals surface area contributed by atoms with Gasteiger partial charge in [-0.2, -0.15) is 0 Å². The van der Waals surface area contributed by atoms with E-state index < -0.39 is 12.0 Å². The Hall–Kier alpha value is -1.84. The van der Waals surface area contributed by atoms with E-state index in [1.807, 2.05) is 37.3 Å². The monoisotopic (exact) mass is 275 g/mol. The Balaban J connectivity index is 2.15. The lowest BCUT2D eigenvalue weighted by Gasteiger charge is -2.28. The van der Waals surface area contributed by atoms with Gasteiger partial charge in [0.2, 0.25) is 5.91 Å². The van der Waals surface area contributed by atoms with Crippen LogP contribution in [-0.2, 0) is 16.0 Å². The number of carboxylic acid groups (broad SMARTS) is 1. The topological polar surface area (TPSA) is 57.6 Å². The van der Waals surface area contributed by atoms with Crippen LogP contribution >= 0.6 is 0 Å². The minimum absolute atomic E-state index is 0.0293. The van der Waals surface area contributed by atoms with E-state index in [0.717, 1.165) is 18.4 Å². The molecule has 0 aliphatic carbocycles. The van der Waals surface area contributed by atoms with Gasteiger partial charge in [-0.1, -0.05) is 37.3 Å². The zero-order chi connectivity index (χ0) is 14.5. The highest BCUT2D eigenvalue weighted by atomic mass is 16.4. The van der Waals surface area contributed by atoms with E-state index >= 15 is 0 Å². The third kappa shape index (κ3) is 3.59. The highest BCUT2D eigenvalue weighted by molar-refractivity contribution is 5.84. The van der Waals surface area contributed by atoms with E-state index in [1.54, 1.807) is 4.90 Å². The molecule has 0 bridgehead atoms. The first-order valence-electron chi connectivity index (χ1n) is 7.14. The first-order chi connectivity index (χ1) is 9.58. The van der Waals surface area contributed by atoms with Crippen LogP contribution in [0.2, 0.25) is 0 Å². The van der Waals surface area contributed by atoms with Gasteiger partial charge in [-0.3, -0.25) is 4.79 Å².